The number of carbonyl (C=O) groups is 2. The zero-order chi connectivity index (χ0) is 14.5. The first-order chi connectivity index (χ1) is 9.58. The monoisotopic (exact) mass is 278 g/mol. The molecule has 1 aromatic rings. The van der Waals surface area contributed by atoms with Crippen molar-refractivity contribution in [3.63, 3.8) is 0 Å². The molecule has 0 saturated heterocycles. The lowest BCUT2D eigenvalue weighted by Crippen LogP contribution is -2.42. The van der Waals surface area contributed by atoms with Gasteiger partial charge in [-0.15, -0.1) is 0 Å². The Morgan fingerprint density at radius 2 is 2.00 bits per heavy atom. The van der Waals surface area contributed by atoms with Crippen LogP contribution in [0, 0.1) is 0 Å². The van der Waals surface area contributed by atoms with Crippen molar-refractivity contribution >= 4 is 11.9 Å². The van der Waals surface area contributed by atoms with Gasteiger partial charge in [0.05, 0.1) is 12.1 Å². The molecule has 6 nitrogen and oxygen atoms in total. The summed E-state index contributed by atoms with van der Waals surface area (Å²) >= 11 is 0. The Morgan fingerprint density at radius 1 is 1.25 bits per heavy atom. The van der Waals surface area contributed by atoms with E-state index in [1.165, 1.54) is 18.3 Å². The predicted molar refractivity (Wildman–Crippen MR) is 71.5 cm³/mol. The Morgan fingerprint density at radius 3 is 2.75 bits per heavy atom. The molecule has 0 spiro atoms. The maximum atomic E-state index is 12.1. The molecule has 0 bridgehead atoms. The lowest BCUT2D eigenvalue weighted by atomic mass is 10.1. The third-order valence-electron chi connectivity index (χ3n) is 3.54. The summed E-state index contributed by atoms with van der Waals surface area (Å²) in [4.78, 5) is 26.6. The SMILES string of the molecule is O=C(NC1CCCCCC1O)c1ccnc(C(=O)O)c1. The molecule has 2 atom stereocenters. The highest BCUT2D eigenvalue weighted by atomic mass is 16.4. The van der Waals surface area contributed by atoms with Crippen molar-refractivity contribution in [3.8, 4) is 0 Å². The number of nitrogens with one attached hydrogen (secondary N) is 1. The Labute approximate surface area is 116 Å². The largest absolute Gasteiger partial charge is 0.477 e. The Hall–Kier alpha value is -1.95. The van der Waals surface area contributed by atoms with Crippen LogP contribution < -0.4 is 5.32 Å². The van der Waals surface area contributed by atoms with Crippen molar-refractivity contribution in [2.24, 2.45) is 0 Å². The van der Waals surface area contributed by atoms with E-state index in [-0.39, 0.29) is 23.2 Å². The fraction of sp³-hybridized carbons (Fsp3) is 0.500. The lowest BCUT2D eigenvalue weighted by Gasteiger charge is -2.21. The van der Waals surface area contributed by atoms with Gasteiger partial charge in [0.15, 0.2) is 0 Å². The standard InChI is InChI=1S/C14H18N2O4/c17-12-5-3-1-2-4-10(12)16-13(18)9-6-7-15-11(8-9)14(19)20/h6-8,10,12,17H,1-5H2,(H,16,18)(H,19,20). The number of pyridine rings is 1. The van der Waals surface area contributed by atoms with E-state index in [2.05, 4.69) is 10.3 Å². The van der Waals surface area contributed by atoms with Gasteiger partial charge in [0.1, 0.15) is 5.69 Å². The third kappa shape index (κ3) is 3.54. The molecular formula is C14H18N2O4. The quantitative estimate of drug-likeness (QED) is 0.721. The zero-order valence-corrected chi connectivity index (χ0v) is 11.1. The van der Waals surface area contributed by atoms with Gasteiger partial charge in [0, 0.05) is 11.8 Å². The molecule has 20 heavy (non-hydrogen) atoms. The van der Waals surface area contributed by atoms with Gasteiger partial charge in [-0.1, -0.05) is 19.3 Å². The summed E-state index contributed by atoms with van der Waals surface area (Å²) in [6, 6.07) is 2.43. The molecule has 2 unspecified atom stereocenters. The van der Waals surface area contributed by atoms with E-state index < -0.39 is 12.1 Å². The fourth-order valence-corrected chi connectivity index (χ4v) is 2.40. The summed E-state index contributed by atoms with van der Waals surface area (Å²) in [5, 5.41) is 21.6. The van der Waals surface area contributed by atoms with Crippen molar-refractivity contribution < 1.29 is 19.8 Å². The molecular weight excluding hydrogens is 260 g/mol. The van der Waals surface area contributed by atoms with Gasteiger partial charge in [0.2, 0.25) is 0 Å². The van der Waals surface area contributed by atoms with Crippen LogP contribution in [0.2, 0.25) is 0 Å². The molecule has 1 aliphatic carbocycles. The van der Waals surface area contributed by atoms with Gasteiger partial charge in [-0.05, 0) is 25.0 Å². The maximum Gasteiger partial charge on any atom is 0.354 e. The second-order valence-corrected chi connectivity index (χ2v) is 5.02. The second-order valence-electron chi connectivity index (χ2n) is 5.02. The minimum absolute atomic E-state index is 0.168. The molecule has 1 heterocycles. The van der Waals surface area contributed by atoms with E-state index in [0.29, 0.717) is 6.42 Å². The van der Waals surface area contributed by atoms with Crippen LogP contribution in [0.5, 0.6) is 0 Å². The van der Waals surface area contributed by atoms with Crippen LogP contribution in [0.25, 0.3) is 0 Å². The molecule has 1 aliphatic rings. The highest BCUT2D eigenvalue weighted by Gasteiger charge is 2.23. The number of aliphatic hydroxyl groups is 1. The van der Waals surface area contributed by atoms with Crippen LogP contribution in [0.3, 0.4) is 0 Å². The van der Waals surface area contributed by atoms with Crippen LogP contribution >= 0.6 is 0 Å². The number of carboxylic acids is 1. The average Bonchev–Trinajstić information content (AvgIpc) is 2.64. The van der Waals surface area contributed by atoms with E-state index >= 15 is 0 Å². The zero-order valence-electron chi connectivity index (χ0n) is 11.1. The Kier molecular flexibility index (Phi) is 4.68. The van der Waals surface area contributed by atoms with E-state index in [4.69, 9.17) is 5.11 Å². The number of amides is 1. The third-order valence-corrected chi connectivity index (χ3v) is 3.54. The summed E-state index contributed by atoms with van der Waals surface area (Å²) in [6.07, 6.45) is 5.17. The molecule has 3 N–H and O–H groups in total. The van der Waals surface area contributed by atoms with E-state index in [9.17, 15) is 14.7 Å². The lowest BCUT2D eigenvalue weighted by molar-refractivity contribution is 0.0690. The number of hydrogen-bond donors (Lipinski definition) is 3. The minimum Gasteiger partial charge on any atom is -0.477 e. The minimum atomic E-state index is -1.17. The normalized spacial score (nSPS) is 22.9. The Bertz CT molecular complexity index is 504. The predicted octanol–water partition coefficient (Wildman–Crippen LogP) is 1.20. The molecule has 0 aliphatic heterocycles. The van der Waals surface area contributed by atoms with Gasteiger partial charge >= 0.3 is 5.97 Å². The van der Waals surface area contributed by atoms with Crippen molar-refractivity contribution in [1.29, 1.82) is 0 Å². The maximum absolute atomic E-state index is 12.1. The van der Waals surface area contributed by atoms with Gasteiger partial charge in [-0.25, -0.2) is 9.78 Å². The summed E-state index contributed by atoms with van der Waals surface area (Å²) in [7, 11) is 0. The number of carbonyl (C=O) groups excluding carboxylic acids is 1. The number of aromatic nitrogens is 1. The fourth-order valence-electron chi connectivity index (χ4n) is 2.40. The molecule has 1 aromatic heterocycles. The van der Waals surface area contributed by atoms with Gasteiger partial charge in [-0.2, -0.15) is 0 Å². The smallest absolute Gasteiger partial charge is 0.354 e. The summed E-state index contributed by atoms with van der Waals surface area (Å²) in [5.74, 6) is -1.55. The van der Waals surface area contributed by atoms with E-state index in [0.717, 1.165) is 25.7 Å². The molecule has 1 saturated carbocycles. The van der Waals surface area contributed by atoms with Crippen LogP contribution in [0.15, 0.2) is 18.3 Å². The van der Waals surface area contributed by atoms with Crippen LogP contribution in [-0.4, -0.2) is 39.2 Å². The summed E-state index contributed by atoms with van der Waals surface area (Å²) in [6.45, 7) is 0. The highest BCUT2D eigenvalue weighted by molar-refractivity contribution is 5.96. The first-order valence-electron chi connectivity index (χ1n) is 6.76. The van der Waals surface area contributed by atoms with Crippen LogP contribution in [0.1, 0.15) is 53.0 Å². The molecule has 108 valence electrons. The number of aliphatic hydroxyl groups excluding tert-OH is 1. The average molecular weight is 278 g/mol. The number of rotatable bonds is 3. The Balaban J connectivity index is 2.07. The summed E-state index contributed by atoms with van der Waals surface area (Å²) in [5.41, 5.74) is 0.0768. The van der Waals surface area contributed by atoms with E-state index in [1.54, 1.807) is 0 Å². The molecule has 0 aromatic carbocycles. The van der Waals surface area contributed by atoms with Crippen LogP contribution in [-0.2, 0) is 0 Å². The van der Waals surface area contributed by atoms with Gasteiger partial charge in [0.25, 0.3) is 5.91 Å². The molecule has 1 amide bonds. The first kappa shape index (κ1) is 14.5. The summed E-state index contributed by atoms with van der Waals surface area (Å²) < 4.78 is 0. The van der Waals surface area contributed by atoms with Crippen molar-refractivity contribution in [2.45, 2.75) is 44.2 Å². The number of hydrogen-bond acceptors (Lipinski definition) is 4. The van der Waals surface area contributed by atoms with Gasteiger partial charge in [-0.3, -0.25) is 4.79 Å². The second kappa shape index (κ2) is 6.47. The molecule has 2 rings (SSSR count). The topological polar surface area (TPSA) is 99.5 Å². The van der Waals surface area contributed by atoms with E-state index in [1.807, 2.05) is 0 Å². The molecule has 6 heteroatoms. The number of nitrogens with zero attached hydrogens (tertiary/aromatic N) is 1. The first-order valence-corrected chi connectivity index (χ1v) is 6.76. The van der Waals surface area contributed by atoms with Crippen molar-refractivity contribution in [1.82, 2.24) is 10.3 Å². The number of carboxylic acid groups (broad SMARTS) is 1. The highest BCUT2D eigenvalue weighted by Crippen LogP contribution is 2.18. The number of aromatic carboxylic acids is 1. The van der Waals surface area contributed by atoms with Crippen molar-refractivity contribution in [3.05, 3.63) is 29.6 Å². The molecule has 0 radical (unpaired) electrons. The van der Waals surface area contributed by atoms with Gasteiger partial charge < -0.3 is 15.5 Å². The molecule has 1 fully saturated rings. The van der Waals surface area contributed by atoms with Crippen LogP contribution in [0.4, 0.5) is 0 Å². The van der Waals surface area contributed by atoms with Crippen molar-refractivity contribution in [2.75, 3.05) is 0 Å².